The summed E-state index contributed by atoms with van der Waals surface area (Å²) in [5, 5.41) is 0. The fourth-order valence-electron chi connectivity index (χ4n) is 1.32. The lowest BCUT2D eigenvalue weighted by atomic mass is 10.1. The van der Waals surface area contributed by atoms with E-state index in [4.69, 9.17) is 11.5 Å². The van der Waals surface area contributed by atoms with Crippen LogP contribution in [-0.2, 0) is 0 Å². The van der Waals surface area contributed by atoms with Crippen LogP contribution in [0.4, 0.5) is 11.5 Å². The monoisotopic (exact) mass is 263 g/mol. The van der Waals surface area contributed by atoms with Crippen molar-refractivity contribution in [3.8, 4) is 11.1 Å². The van der Waals surface area contributed by atoms with Gasteiger partial charge in [0.25, 0.3) is 0 Å². The molecule has 0 aliphatic heterocycles. The van der Waals surface area contributed by atoms with Crippen molar-refractivity contribution in [2.24, 2.45) is 0 Å². The molecule has 0 radical (unpaired) electrons. The maximum Gasteiger partial charge on any atom is 0.124 e. The second kappa shape index (κ2) is 3.90. The predicted molar refractivity (Wildman–Crippen MR) is 66.2 cm³/mol. The third-order valence-electron chi connectivity index (χ3n) is 2.10. The van der Waals surface area contributed by atoms with Gasteiger partial charge in [-0.2, -0.15) is 0 Å². The molecule has 1 aromatic carbocycles. The van der Waals surface area contributed by atoms with Gasteiger partial charge in [-0.05, 0) is 39.7 Å². The number of benzene rings is 1. The molecule has 15 heavy (non-hydrogen) atoms. The van der Waals surface area contributed by atoms with Gasteiger partial charge < -0.3 is 11.5 Å². The topological polar surface area (TPSA) is 64.9 Å². The Kier molecular flexibility index (Phi) is 2.60. The zero-order valence-corrected chi connectivity index (χ0v) is 9.53. The molecule has 2 rings (SSSR count). The standard InChI is InChI=1S/C11H10BrN3/c12-10-5-11(14)15-6-9(10)7-1-3-8(13)4-2-7/h1-6H,13H2,(H2,14,15). The minimum Gasteiger partial charge on any atom is -0.399 e. The summed E-state index contributed by atoms with van der Waals surface area (Å²) in [6.07, 6.45) is 1.74. The van der Waals surface area contributed by atoms with Crippen LogP contribution in [0.3, 0.4) is 0 Å². The number of nitrogen functional groups attached to an aromatic ring is 2. The SMILES string of the molecule is Nc1ccc(-c2cnc(N)cc2Br)cc1. The molecule has 4 N–H and O–H groups in total. The van der Waals surface area contributed by atoms with E-state index in [0.29, 0.717) is 5.82 Å². The Bertz CT molecular complexity index is 480. The molecule has 0 bridgehead atoms. The van der Waals surface area contributed by atoms with Gasteiger partial charge in [-0.3, -0.25) is 0 Å². The van der Waals surface area contributed by atoms with Gasteiger partial charge >= 0.3 is 0 Å². The van der Waals surface area contributed by atoms with E-state index >= 15 is 0 Å². The zero-order chi connectivity index (χ0) is 10.8. The Labute approximate surface area is 96.3 Å². The van der Waals surface area contributed by atoms with Crippen molar-refractivity contribution >= 4 is 27.4 Å². The van der Waals surface area contributed by atoms with Crippen molar-refractivity contribution in [2.45, 2.75) is 0 Å². The summed E-state index contributed by atoms with van der Waals surface area (Å²) in [6, 6.07) is 9.41. The maximum atomic E-state index is 5.62. The molecule has 0 amide bonds. The predicted octanol–water partition coefficient (Wildman–Crippen LogP) is 2.68. The molecule has 4 heteroatoms. The Morgan fingerprint density at radius 3 is 2.33 bits per heavy atom. The first-order chi connectivity index (χ1) is 7.16. The molecule has 1 heterocycles. The fourth-order valence-corrected chi connectivity index (χ4v) is 1.89. The summed E-state index contributed by atoms with van der Waals surface area (Å²) in [4.78, 5) is 4.06. The van der Waals surface area contributed by atoms with E-state index in [9.17, 15) is 0 Å². The van der Waals surface area contributed by atoms with E-state index < -0.39 is 0 Å². The van der Waals surface area contributed by atoms with Crippen molar-refractivity contribution in [3.63, 3.8) is 0 Å². The molecule has 2 aromatic rings. The van der Waals surface area contributed by atoms with Gasteiger partial charge in [0.2, 0.25) is 0 Å². The van der Waals surface area contributed by atoms with E-state index in [2.05, 4.69) is 20.9 Å². The Morgan fingerprint density at radius 2 is 1.73 bits per heavy atom. The molecule has 76 valence electrons. The van der Waals surface area contributed by atoms with Crippen LogP contribution in [-0.4, -0.2) is 4.98 Å². The maximum absolute atomic E-state index is 5.62. The summed E-state index contributed by atoms with van der Waals surface area (Å²) < 4.78 is 0.930. The average molecular weight is 264 g/mol. The van der Waals surface area contributed by atoms with Crippen LogP contribution in [0.2, 0.25) is 0 Å². The quantitative estimate of drug-likeness (QED) is 0.778. The van der Waals surface area contributed by atoms with Crippen LogP contribution >= 0.6 is 15.9 Å². The molecule has 0 fully saturated rings. The summed E-state index contributed by atoms with van der Waals surface area (Å²) in [5.74, 6) is 0.501. The highest BCUT2D eigenvalue weighted by molar-refractivity contribution is 9.10. The molecular formula is C11H10BrN3. The summed E-state index contributed by atoms with van der Waals surface area (Å²) >= 11 is 3.45. The summed E-state index contributed by atoms with van der Waals surface area (Å²) in [6.45, 7) is 0. The molecule has 1 aromatic heterocycles. The normalized spacial score (nSPS) is 10.2. The van der Waals surface area contributed by atoms with Crippen LogP contribution in [0.25, 0.3) is 11.1 Å². The lowest BCUT2D eigenvalue weighted by Gasteiger charge is -2.05. The number of halogens is 1. The second-order valence-corrected chi connectivity index (χ2v) is 4.07. The van der Waals surface area contributed by atoms with Crippen molar-refractivity contribution in [1.82, 2.24) is 4.98 Å². The first-order valence-corrected chi connectivity index (χ1v) is 5.23. The van der Waals surface area contributed by atoms with Crippen molar-refractivity contribution in [3.05, 3.63) is 41.0 Å². The van der Waals surface area contributed by atoms with Crippen LogP contribution in [0.1, 0.15) is 0 Å². The second-order valence-electron chi connectivity index (χ2n) is 3.21. The molecule has 0 spiro atoms. The van der Waals surface area contributed by atoms with E-state index in [-0.39, 0.29) is 0 Å². The van der Waals surface area contributed by atoms with E-state index in [0.717, 1.165) is 21.3 Å². The van der Waals surface area contributed by atoms with Crippen molar-refractivity contribution in [1.29, 1.82) is 0 Å². The van der Waals surface area contributed by atoms with Crippen LogP contribution in [0.15, 0.2) is 41.0 Å². The molecule has 0 unspecified atom stereocenters. The highest BCUT2D eigenvalue weighted by Gasteiger charge is 2.03. The average Bonchev–Trinajstić information content (AvgIpc) is 2.20. The Balaban J connectivity index is 2.49. The lowest BCUT2D eigenvalue weighted by Crippen LogP contribution is -1.91. The Morgan fingerprint density at radius 1 is 1.07 bits per heavy atom. The van der Waals surface area contributed by atoms with Crippen LogP contribution < -0.4 is 11.5 Å². The summed E-state index contributed by atoms with van der Waals surface area (Å²) in [5.41, 5.74) is 14.0. The van der Waals surface area contributed by atoms with Gasteiger partial charge in [0.05, 0.1) is 0 Å². The number of nitrogens with zero attached hydrogens (tertiary/aromatic N) is 1. The van der Waals surface area contributed by atoms with Crippen molar-refractivity contribution in [2.75, 3.05) is 11.5 Å². The third-order valence-corrected chi connectivity index (χ3v) is 2.75. The van der Waals surface area contributed by atoms with Crippen molar-refractivity contribution < 1.29 is 0 Å². The van der Waals surface area contributed by atoms with Gasteiger partial charge in [-0.1, -0.05) is 12.1 Å². The first kappa shape index (κ1) is 9.98. The molecule has 0 aliphatic rings. The van der Waals surface area contributed by atoms with E-state index in [1.807, 2.05) is 24.3 Å². The smallest absolute Gasteiger partial charge is 0.124 e. The molecule has 0 saturated carbocycles. The highest BCUT2D eigenvalue weighted by Crippen LogP contribution is 2.28. The van der Waals surface area contributed by atoms with Crippen LogP contribution in [0.5, 0.6) is 0 Å². The minimum absolute atomic E-state index is 0.501. The number of pyridine rings is 1. The summed E-state index contributed by atoms with van der Waals surface area (Å²) in [7, 11) is 0. The van der Waals surface area contributed by atoms with Gasteiger partial charge in [0, 0.05) is 21.9 Å². The highest BCUT2D eigenvalue weighted by atomic mass is 79.9. The molecule has 0 atom stereocenters. The lowest BCUT2D eigenvalue weighted by molar-refractivity contribution is 1.32. The number of nitrogens with two attached hydrogens (primary N) is 2. The Hall–Kier alpha value is -1.55. The number of anilines is 2. The third kappa shape index (κ3) is 2.10. The molecule has 3 nitrogen and oxygen atoms in total. The molecule has 0 saturated heterocycles. The van der Waals surface area contributed by atoms with Gasteiger partial charge in [0.1, 0.15) is 5.82 Å². The van der Waals surface area contributed by atoms with Gasteiger partial charge in [0.15, 0.2) is 0 Å². The minimum atomic E-state index is 0.501. The number of rotatable bonds is 1. The van der Waals surface area contributed by atoms with Crippen LogP contribution in [0, 0.1) is 0 Å². The number of aromatic nitrogens is 1. The van der Waals surface area contributed by atoms with E-state index in [1.165, 1.54) is 0 Å². The number of hydrogen-bond acceptors (Lipinski definition) is 3. The van der Waals surface area contributed by atoms with Gasteiger partial charge in [-0.15, -0.1) is 0 Å². The van der Waals surface area contributed by atoms with Gasteiger partial charge in [-0.25, -0.2) is 4.98 Å². The zero-order valence-electron chi connectivity index (χ0n) is 7.94. The molecule has 0 aliphatic carbocycles. The number of hydrogen-bond donors (Lipinski definition) is 2. The fraction of sp³-hybridized carbons (Fsp3) is 0. The molecular weight excluding hydrogens is 254 g/mol. The van der Waals surface area contributed by atoms with E-state index in [1.54, 1.807) is 12.3 Å². The first-order valence-electron chi connectivity index (χ1n) is 4.44. The largest absolute Gasteiger partial charge is 0.399 e.